The maximum Gasteiger partial charge on any atom is 0.0685 e. The lowest BCUT2D eigenvalue weighted by Gasteiger charge is -2.02. The molecular weight excluding hydrogens is 184 g/mol. The van der Waals surface area contributed by atoms with E-state index in [0.717, 1.165) is 13.0 Å². The molecule has 15 heavy (non-hydrogen) atoms. The van der Waals surface area contributed by atoms with Gasteiger partial charge in [-0.05, 0) is 12.8 Å². The Morgan fingerprint density at radius 1 is 1.20 bits per heavy atom. The number of hydrogen-bond donors (Lipinski definition) is 0. The van der Waals surface area contributed by atoms with Crippen LogP contribution in [0.3, 0.4) is 0 Å². The maximum atomic E-state index is 5.68. The molecule has 1 nitrogen and oxygen atoms in total. The average molecular weight is 209 g/mol. The number of ether oxygens (including phenoxy) is 1. The molecule has 0 N–H and O–H groups in total. The van der Waals surface area contributed by atoms with Crippen molar-refractivity contribution in [3.05, 3.63) is 18.6 Å². The average Bonchev–Trinajstić information content (AvgIpc) is 3.01. The molecule has 1 saturated carbocycles. The summed E-state index contributed by atoms with van der Waals surface area (Å²) < 4.78 is 5.68. The largest absolute Gasteiger partial charge is 0.377 e. The minimum Gasteiger partial charge on any atom is -0.377 e. The van der Waals surface area contributed by atoms with Gasteiger partial charge in [-0.15, -0.1) is 6.58 Å². The second kappa shape index (κ2) is 7.92. The Bertz CT molecular complexity index is 165. The molecule has 0 aromatic heterocycles. The lowest BCUT2D eigenvalue weighted by molar-refractivity contribution is 0.120. The van der Waals surface area contributed by atoms with Crippen molar-refractivity contribution in [3.63, 3.8) is 0 Å². The van der Waals surface area contributed by atoms with Crippen LogP contribution in [0.25, 0.3) is 0 Å². The van der Waals surface area contributed by atoms with E-state index < -0.39 is 0 Å². The fraction of sp³-hybridized carbons (Fsp3) is 0.786. The molecule has 1 rings (SSSR count). The molecule has 87 valence electrons. The van der Waals surface area contributed by atoms with Crippen LogP contribution >= 0.6 is 0 Å². The van der Waals surface area contributed by atoms with Gasteiger partial charge in [-0.3, -0.25) is 0 Å². The van der Waals surface area contributed by atoms with Crippen molar-refractivity contribution in [3.8, 4) is 0 Å². The van der Waals surface area contributed by atoms with Crippen LogP contribution in [0.2, 0.25) is 0 Å². The van der Waals surface area contributed by atoms with Gasteiger partial charge in [0.05, 0.1) is 6.10 Å². The summed E-state index contributed by atoms with van der Waals surface area (Å²) in [5.74, 6) is 1.39. The van der Waals surface area contributed by atoms with Gasteiger partial charge in [0.2, 0.25) is 0 Å². The van der Waals surface area contributed by atoms with E-state index >= 15 is 0 Å². The number of rotatable bonds is 10. The lowest BCUT2D eigenvalue weighted by Crippen LogP contribution is -1.97. The summed E-state index contributed by atoms with van der Waals surface area (Å²) >= 11 is 0. The predicted molar refractivity (Wildman–Crippen MR) is 65.8 cm³/mol. The van der Waals surface area contributed by atoms with Gasteiger partial charge < -0.3 is 4.74 Å². The van der Waals surface area contributed by atoms with Crippen molar-refractivity contribution in [2.75, 3.05) is 6.61 Å². The maximum absolute atomic E-state index is 5.68. The molecule has 0 aliphatic heterocycles. The van der Waals surface area contributed by atoms with Crippen LogP contribution in [0, 0.1) is 5.92 Å². The second-order valence-corrected chi connectivity index (χ2v) is 4.46. The van der Waals surface area contributed by atoms with E-state index in [1.807, 2.05) is 6.08 Å². The van der Waals surface area contributed by atoms with Gasteiger partial charge >= 0.3 is 0 Å². The van der Waals surface area contributed by atoms with E-state index in [-0.39, 0.29) is 0 Å². The van der Waals surface area contributed by atoms with Crippen LogP contribution < -0.4 is 0 Å². The molecule has 1 radical (unpaired) electrons. The lowest BCUT2D eigenvalue weighted by atomic mass is 10.1. The third-order valence-corrected chi connectivity index (χ3v) is 3.00. The molecule has 0 aromatic rings. The van der Waals surface area contributed by atoms with Gasteiger partial charge in [0.1, 0.15) is 0 Å². The van der Waals surface area contributed by atoms with Crippen molar-refractivity contribution in [1.82, 2.24) is 0 Å². The zero-order chi connectivity index (χ0) is 10.9. The Morgan fingerprint density at radius 3 is 2.47 bits per heavy atom. The minimum absolute atomic E-state index is 0.433. The van der Waals surface area contributed by atoms with Crippen molar-refractivity contribution < 1.29 is 4.74 Å². The van der Waals surface area contributed by atoms with Gasteiger partial charge in [0.15, 0.2) is 0 Å². The summed E-state index contributed by atoms with van der Waals surface area (Å²) in [6.07, 6.45) is 13.0. The first-order valence-electron chi connectivity index (χ1n) is 6.48. The Labute approximate surface area is 94.9 Å². The van der Waals surface area contributed by atoms with Crippen molar-refractivity contribution >= 4 is 0 Å². The molecule has 1 heteroatoms. The standard InChI is InChI=1S/C14H25O/c1-3-5-6-7-8-9-10-11-15-14-12-13(14)4-2/h4,14H,2-3,5-12H2,1H3. The smallest absolute Gasteiger partial charge is 0.0685 e. The van der Waals surface area contributed by atoms with Gasteiger partial charge in [0, 0.05) is 12.5 Å². The summed E-state index contributed by atoms with van der Waals surface area (Å²) in [4.78, 5) is 0. The van der Waals surface area contributed by atoms with Crippen LogP contribution in [0.5, 0.6) is 0 Å². The molecule has 0 saturated heterocycles. The molecule has 0 amide bonds. The summed E-state index contributed by atoms with van der Waals surface area (Å²) in [5.41, 5.74) is 0. The first kappa shape index (κ1) is 12.8. The Balaban J connectivity index is 1.72. The molecule has 0 bridgehead atoms. The molecule has 1 fully saturated rings. The predicted octanol–water partition coefficient (Wildman–Crippen LogP) is 4.29. The van der Waals surface area contributed by atoms with Gasteiger partial charge in [0.25, 0.3) is 0 Å². The quantitative estimate of drug-likeness (QED) is 0.488. The molecular formula is C14H25O. The third kappa shape index (κ3) is 5.99. The number of hydrogen-bond acceptors (Lipinski definition) is 1. The zero-order valence-electron chi connectivity index (χ0n) is 10.1. The Hall–Kier alpha value is -0.300. The molecule has 0 aromatic carbocycles. The molecule has 1 atom stereocenters. The summed E-state index contributed by atoms with van der Waals surface area (Å²) in [6, 6.07) is 0. The van der Waals surface area contributed by atoms with Crippen molar-refractivity contribution in [2.24, 2.45) is 0 Å². The van der Waals surface area contributed by atoms with E-state index in [4.69, 9.17) is 4.74 Å². The highest BCUT2D eigenvalue weighted by atomic mass is 16.5. The first-order valence-corrected chi connectivity index (χ1v) is 6.48. The third-order valence-electron chi connectivity index (χ3n) is 3.00. The van der Waals surface area contributed by atoms with Crippen molar-refractivity contribution in [1.29, 1.82) is 0 Å². The van der Waals surface area contributed by atoms with Crippen LogP contribution in [0.1, 0.15) is 58.3 Å². The zero-order valence-corrected chi connectivity index (χ0v) is 10.1. The molecule has 1 unspecified atom stereocenters. The van der Waals surface area contributed by atoms with Crippen LogP contribution in [0.15, 0.2) is 12.7 Å². The van der Waals surface area contributed by atoms with E-state index in [9.17, 15) is 0 Å². The van der Waals surface area contributed by atoms with E-state index in [0.29, 0.717) is 6.10 Å². The highest BCUT2D eigenvalue weighted by Gasteiger charge is 2.35. The summed E-state index contributed by atoms with van der Waals surface area (Å²) in [7, 11) is 0. The fourth-order valence-corrected chi connectivity index (χ4v) is 1.82. The normalized spacial score (nSPS) is 20.5. The van der Waals surface area contributed by atoms with Gasteiger partial charge in [-0.1, -0.05) is 51.5 Å². The Kier molecular flexibility index (Phi) is 6.74. The van der Waals surface area contributed by atoms with E-state index in [1.165, 1.54) is 50.9 Å². The minimum atomic E-state index is 0.433. The van der Waals surface area contributed by atoms with E-state index in [2.05, 4.69) is 13.5 Å². The highest BCUT2D eigenvalue weighted by Crippen LogP contribution is 2.36. The topological polar surface area (TPSA) is 9.23 Å². The molecule has 1 aliphatic carbocycles. The second-order valence-electron chi connectivity index (χ2n) is 4.46. The van der Waals surface area contributed by atoms with Crippen molar-refractivity contribution in [2.45, 2.75) is 64.4 Å². The highest BCUT2D eigenvalue weighted by molar-refractivity contribution is 5.27. The van der Waals surface area contributed by atoms with Gasteiger partial charge in [-0.25, -0.2) is 0 Å². The molecule has 0 heterocycles. The van der Waals surface area contributed by atoms with Gasteiger partial charge in [-0.2, -0.15) is 0 Å². The summed E-state index contributed by atoms with van der Waals surface area (Å²) in [6.45, 7) is 6.94. The summed E-state index contributed by atoms with van der Waals surface area (Å²) in [5, 5.41) is 0. The molecule has 1 aliphatic rings. The van der Waals surface area contributed by atoms with Crippen LogP contribution in [-0.4, -0.2) is 12.7 Å². The van der Waals surface area contributed by atoms with Crippen LogP contribution in [0.4, 0.5) is 0 Å². The van der Waals surface area contributed by atoms with Crippen LogP contribution in [-0.2, 0) is 4.74 Å². The monoisotopic (exact) mass is 209 g/mol. The van der Waals surface area contributed by atoms with E-state index in [1.54, 1.807) is 0 Å². The SMILES string of the molecule is C=C[C]1CC1OCCCCCCCCC. The first-order chi connectivity index (χ1) is 7.38. The molecule has 0 spiro atoms. The fourth-order valence-electron chi connectivity index (χ4n) is 1.82. The number of unbranched alkanes of at least 4 members (excludes halogenated alkanes) is 6. The Morgan fingerprint density at radius 2 is 1.87 bits per heavy atom.